The molecule has 1 amide bonds. The molecule has 0 aliphatic carbocycles. The number of aryl methyl sites for hydroxylation is 1. The Morgan fingerprint density at radius 2 is 2.04 bits per heavy atom. The van der Waals surface area contributed by atoms with Crippen LogP contribution in [0.15, 0.2) is 41.4 Å². The highest BCUT2D eigenvalue weighted by Gasteiger charge is 2.11. The van der Waals surface area contributed by atoms with Crippen molar-refractivity contribution in [3.8, 4) is 5.75 Å². The van der Waals surface area contributed by atoms with Crippen molar-refractivity contribution in [2.45, 2.75) is 6.92 Å². The summed E-state index contributed by atoms with van der Waals surface area (Å²) in [4.78, 5) is 17.2. The third kappa shape index (κ3) is 3.34. The summed E-state index contributed by atoms with van der Waals surface area (Å²) in [5.74, 6) is 0.398. The molecule has 0 unspecified atom stereocenters. The van der Waals surface area contributed by atoms with Gasteiger partial charge in [0.1, 0.15) is 5.75 Å². The van der Waals surface area contributed by atoms with E-state index in [4.69, 9.17) is 27.9 Å². The van der Waals surface area contributed by atoms with Gasteiger partial charge in [0.15, 0.2) is 4.80 Å². The van der Waals surface area contributed by atoms with Crippen LogP contribution in [0.5, 0.6) is 5.75 Å². The number of hydrogen-bond acceptors (Lipinski definition) is 3. The smallest absolute Gasteiger partial charge is 0.281 e. The molecule has 4 nitrogen and oxygen atoms in total. The Hall–Kier alpha value is -1.82. The van der Waals surface area contributed by atoms with Gasteiger partial charge in [0.05, 0.1) is 27.4 Å². The summed E-state index contributed by atoms with van der Waals surface area (Å²) in [7, 11) is 1.87. The highest BCUT2D eigenvalue weighted by molar-refractivity contribution is 7.16. The van der Waals surface area contributed by atoms with Gasteiger partial charge in [-0.15, -0.1) is 0 Å². The van der Waals surface area contributed by atoms with Crippen LogP contribution < -0.4 is 9.54 Å². The molecule has 7 heteroatoms. The number of hydrogen-bond donors (Lipinski definition) is 0. The zero-order chi connectivity index (χ0) is 17.3. The number of aromatic nitrogens is 1. The van der Waals surface area contributed by atoms with Crippen LogP contribution in [0.4, 0.5) is 0 Å². The van der Waals surface area contributed by atoms with Crippen molar-refractivity contribution in [1.82, 2.24) is 4.57 Å². The Morgan fingerprint density at radius 1 is 1.25 bits per heavy atom. The maximum Gasteiger partial charge on any atom is 0.281 e. The fourth-order valence-electron chi connectivity index (χ4n) is 2.29. The fraction of sp³-hybridized carbons (Fsp3) is 0.176. The lowest BCUT2D eigenvalue weighted by atomic mass is 10.2. The van der Waals surface area contributed by atoms with Gasteiger partial charge in [0.25, 0.3) is 5.91 Å². The number of nitrogens with zero attached hydrogens (tertiary/aromatic N) is 2. The second-order valence-electron chi connectivity index (χ2n) is 5.05. The molecule has 0 atom stereocenters. The minimum absolute atomic E-state index is 0.290. The first kappa shape index (κ1) is 17.0. The van der Waals surface area contributed by atoms with E-state index in [-0.39, 0.29) is 0 Å². The summed E-state index contributed by atoms with van der Waals surface area (Å²) in [5, 5.41) is 0.770. The highest BCUT2D eigenvalue weighted by Crippen LogP contribution is 2.24. The first-order valence-corrected chi connectivity index (χ1v) is 8.83. The van der Waals surface area contributed by atoms with Crippen molar-refractivity contribution in [3.63, 3.8) is 0 Å². The second-order valence-corrected chi connectivity index (χ2v) is 6.90. The van der Waals surface area contributed by atoms with Gasteiger partial charge in [0.2, 0.25) is 0 Å². The second kappa shape index (κ2) is 6.97. The van der Waals surface area contributed by atoms with Gasteiger partial charge < -0.3 is 9.30 Å². The summed E-state index contributed by atoms with van der Waals surface area (Å²) in [5.41, 5.74) is 1.31. The molecule has 2 aromatic carbocycles. The van der Waals surface area contributed by atoms with Crippen LogP contribution in [0.3, 0.4) is 0 Å². The van der Waals surface area contributed by atoms with Gasteiger partial charge in [-0.2, -0.15) is 4.99 Å². The minimum Gasteiger partial charge on any atom is -0.494 e. The van der Waals surface area contributed by atoms with Crippen LogP contribution in [0, 0.1) is 0 Å². The van der Waals surface area contributed by atoms with Crippen molar-refractivity contribution in [1.29, 1.82) is 0 Å². The van der Waals surface area contributed by atoms with Crippen LogP contribution in [-0.2, 0) is 7.05 Å². The Balaban J connectivity index is 2.06. The van der Waals surface area contributed by atoms with Crippen LogP contribution in [0.2, 0.25) is 10.0 Å². The van der Waals surface area contributed by atoms with Gasteiger partial charge >= 0.3 is 0 Å². The predicted octanol–water partition coefficient (Wildman–Crippen LogP) is 4.69. The SMILES string of the molecule is CCOc1ccc2c(c1)sc(=NC(=O)c1ccc(Cl)cc1Cl)n2C. The van der Waals surface area contributed by atoms with Crippen molar-refractivity contribution in [2.24, 2.45) is 12.0 Å². The fourth-order valence-corrected chi connectivity index (χ4v) is 3.82. The van der Waals surface area contributed by atoms with Gasteiger partial charge in [-0.25, -0.2) is 0 Å². The normalized spacial score (nSPS) is 11.9. The van der Waals surface area contributed by atoms with E-state index in [9.17, 15) is 4.79 Å². The van der Waals surface area contributed by atoms with E-state index < -0.39 is 5.91 Å². The molecule has 0 fully saturated rings. The summed E-state index contributed by atoms with van der Waals surface area (Å²) in [6.45, 7) is 2.54. The van der Waals surface area contributed by atoms with Crippen LogP contribution in [0.25, 0.3) is 10.2 Å². The number of halogens is 2. The van der Waals surface area contributed by atoms with E-state index in [0.29, 0.717) is 27.0 Å². The Morgan fingerprint density at radius 3 is 2.75 bits per heavy atom. The third-order valence-corrected chi connectivity index (χ3v) is 5.09. The molecule has 0 radical (unpaired) electrons. The number of fused-ring (bicyclic) bond motifs is 1. The van der Waals surface area contributed by atoms with Gasteiger partial charge in [-0.3, -0.25) is 4.79 Å². The average Bonchev–Trinajstić information content (AvgIpc) is 2.83. The minimum atomic E-state index is -0.399. The molecule has 0 bridgehead atoms. The first-order chi connectivity index (χ1) is 11.5. The molecule has 3 rings (SSSR count). The summed E-state index contributed by atoms with van der Waals surface area (Å²) < 4.78 is 8.38. The number of benzene rings is 2. The van der Waals surface area contributed by atoms with Crippen molar-refractivity contribution in [2.75, 3.05) is 6.61 Å². The Kier molecular flexibility index (Phi) is 4.94. The molecular weight excluding hydrogens is 367 g/mol. The molecule has 0 aliphatic rings. The average molecular weight is 381 g/mol. The zero-order valence-corrected chi connectivity index (χ0v) is 15.4. The predicted molar refractivity (Wildman–Crippen MR) is 98.3 cm³/mol. The number of ether oxygens (including phenoxy) is 1. The number of amides is 1. The summed E-state index contributed by atoms with van der Waals surface area (Å²) in [6, 6.07) is 10.5. The molecule has 0 saturated carbocycles. The van der Waals surface area contributed by atoms with E-state index >= 15 is 0 Å². The number of thiazole rings is 1. The van der Waals surface area contributed by atoms with Crippen molar-refractivity contribution < 1.29 is 9.53 Å². The molecular formula is C17H14Cl2N2O2S. The van der Waals surface area contributed by atoms with Crippen LogP contribution in [0.1, 0.15) is 17.3 Å². The van der Waals surface area contributed by atoms with E-state index in [1.165, 1.54) is 17.4 Å². The van der Waals surface area contributed by atoms with Gasteiger partial charge in [-0.1, -0.05) is 34.5 Å². The van der Waals surface area contributed by atoms with E-state index in [0.717, 1.165) is 16.0 Å². The lowest BCUT2D eigenvalue weighted by Gasteiger charge is -2.02. The van der Waals surface area contributed by atoms with Crippen molar-refractivity contribution >= 4 is 50.7 Å². The van der Waals surface area contributed by atoms with Crippen molar-refractivity contribution in [3.05, 3.63) is 56.8 Å². The molecule has 3 aromatic rings. The van der Waals surface area contributed by atoms with Crippen LogP contribution >= 0.6 is 34.5 Å². The Bertz CT molecular complexity index is 992. The maximum absolute atomic E-state index is 12.4. The standard InChI is InChI=1S/C17H14Cl2N2O2S/c1-3-23-11-5-7-14-15(9-11)24-17(21(14)2)20-16(22)12-6-4-10(18)8-13(12)19/h4-9H,3H2,1-2H3. The molecule has 0 saturated heterocycles. The highest BCUT2D eigenvalue weighted by atomic mass is 35.5. The van der Waals surface area contributed by atoms with E-state index in [1.807, 2.05) is 36.7 Å². The zero-order valence-electron chi connectivity index (χ0n) is 13.0. The summed E-state index contributed by atoms with van der Waals surface area (Å²) in [6.07, 6.45) is 0. The quantitative estimate of drug-likeness (QED) is 0.661. The van der Waals surface area contributed by atoms with E-state index in [1.54, 1.807) is 12.1 Å². The lowest BCUT2D eigenvalue weighted by Crippen LogP contribution is -2.13. The van der Waals surface area contributed by atoms with Gasteiger partial charge in [-0.05, 0) is 43.3 Å². The molecule has 24 heavy (non-hydrogen) atoms. The largest absolute Gasteiger partial charge is 0.494 e. The Labute approximate surface area is 152 Å². The maximum atomic E-state index is 12.4. The summed E-state index contributed by atoms with van der Waals surface area (Å²) >= 11 is 13.4. The number of carbonyl (C=O) groups excluding carboxylic acids is 1. The number of rotatable bonds is 3. The lowest BCUT2D eigenvalue weighted by molar-refractivity contribution is 0.0998. The molecule has 0 aliphatic heterocycles. The first-order valence-electron chi connectivity index (χ1n) is 7.26. The molecule has 0 N–H and O–H groups in total. The van der Waals surface area contributed by atoms with Crippen LogP contribution in [-0.4, -0.2) is 17.1 Å². The monoisotopic (exact) mass is 380 g/mol. The third-order valence-electron chi connectivity index (χ3n) is 3.45. The molecule has 1 aromatic heterocycles. The molecule has 124 valence electrons. The molecule has 0 spiro atoms. The van der Waals surface area contributed by atoms with E-state index in [2.05, 4.69) is 4.99 Å². The molecule has 1 heterocycles. The van der Waals surface area contributed by atoms with Gasteiger partial charge in [0, 0.05) is 12.1 Å². The number of carbonyl (C=O) groups is 1. The topological polar surface area (TPSA) is 43.6 Å².